The quantitative estimate of drug-likeness (QED) is 0.572. The van der Waals surface area contributed by atoms with Crippen LogP contribution in [0, 0.1) is 0 Å². The lowest BCUT2D eigenvalue weighted by molar-refractivity contribution is -0.160. The second-order valence-corrected chi connectivity index (χ2v) is 6.53. The fourth-order valence-electron chi connectivity index (χ4n) is 2.44. The van der Waals surface area contributed by atoms with Gasteiger partial charge in [-0.1, -0.05) is 12.1 Å². The van der Waals surface area contributed by atoms with E-state index in [0.29, 0.717) is 0 Å². The molecule has 0 radical (unpaired) electrons. The van der Waals surface area contributed by atoms with Crippen molar-refractivity contribution in [3.63, 3.8) is 0 Å². The van der Waals surface area contributed by atoms with Gasteiger partial charge < -0.3 is 10.1 Å². The minimum atomic E-state index is -4.77. The summed E-state index contributed by atoms with van der Waals surface area (Å²) in [5.41, 5.74) is -0.853. The van der Waals surface area contributed by atoms with E-state index in [9.17, 15) is 35.8 Å². The smallest absolute Gasteiger partial charge is 0.408 e. The summed E-state index contributed by atoms with van der Waals surface area (Å²) in [5.74, 6) is -2.64. The van der Waals surface area contributed by atoms with E-state index >= 15 is 0 Å². The van der Waals surface area contributed by atoms with Crippen LogP contribution in [0.15, 0.2) is 29.8 Å². The van der Waals surface area contributed by atoms with Crippen LogP contribution in [0.25, 0.3) is 5.57 Å². The Morgan fingerprint density at radius 2 is 1.89 bits per heavy atom. The van der Waals surface area contributed by atoms with Gasteiger partial charge in [0.2, 0.25) is 0 Å². The summed E-state index contributed by atoms with van der Waals surface area (Å²) in [4.78, 5) is 24.3. The van der Waals surface area contributed by atoms with Crippen molar-refractivity contribution in [3.05, 3.63) is 35.4 Å². The first-order valence-electron chi connectivity index (χ1n) is 7.29. The molecule has 1 aromatic rings. The van der Waals surface area contributed by atoms with Gasteiger partial charge >= 0.3 is 12.8 Å². The molecule has 1 aliphatic heterocycles. The van der Waals surface area contributed by atoms with Crippen LogP contribution in [-0.4, -0.2) is 41.1 Å². The van der Waals surface area contributed by atoms with Gasteiger partial charge in [0.15, 0.2) is 0 Å². The Morgan fingerprint density at radius 3 is 2.37 bits per heavy atom. The summed E-state index contributed by atoms with van der Waals surface area (Å²) in [6.45, 7) is -3.09. The first kappa shape index (κ1) is 20.8. The van der Waals surface area contributed by atoms with Crippen molar-refractivity contribution in [2.45, 2.75) is 25.3 Å². The summed E-state index contributed by atoms with van der Waals surface area (Å²) in [5, 5.41) is 1.69. The molecule has 0 spiro atoms. The third-order valence-electron chi connectivity index (χ3n) is 3.53. The SMILES string of the molecule is CS(=O)NC(=O)C1=C(c2ccc(OC(F)F)cc2)CC(C(F)(F)F)NC1=O. The lowest BCUT2D eigenvalue weighted by atomic mass is 9.89. The number of benzene rings is 1. The van der Waals surface area contributed by atoms with Crippen molar-refractivity contribution in [3.8, 4) is 5.75 Å². The topological polar surface area (TPSA) is 84.5 Å². The molecule has 0 saturated heterocycles. The number of alkyl halides is 5. The Hall–Kier alpha value is -2.50. The predicted molar refractivity (Wildman–Crippen MR) is 84.8 cm³/mol. The Kier molecular flexibility index (Phi) is 6.19. The highest BCUT2D eigenvalue weighted by atomic mass is 32.2. The van der Waals surface area contributed by atoms with E-state index in [2.05, 4.69) is 4.74 Å². The molecule has 2 unspecified atom stereocenters. The molecular formula is C15H13F5N2O4S. The number of carbonyl (C=O) groups excluding carboxylic acids is 2. The van der Waals surface area contributed by atoms with Gasteiger partial charge in [-0.15, -0.1) is 0 Å². The van der Waals surface area contributed by atoms with Gasteiger partial charge in [-0.3, -0.25) is 14.3 Å². The number of amides is 2. The van der Waals surface area contributed by atoms with Crippen molar-refractivity contribution in [2.75, 3.05) is 6.26 Å². The Bertz CT molecular complexity index is 792. The number of ether oxygens (including phenoxy) is 1. The molecule has 1 aliphatic rings. The maximum absolute atomic E-state index is 13.1. The molecule has 2 rings (SSSR count). The largest absolute Gasteiger partial charge is 0.435 e. The van der Waals surface area contributed by atoms with Gasteiger partial charge in [0.25, 0.3) is 11.8 Å². The van der Waals surface area contributed by atoms with Crippen LogP contribution in [0.5, 0.6) is 5.75 Å². The molecule has 2 N–H and O–H groups in total. The number of halogens is 5. The highest BCUT2D eigenvalue weighted by Gasteiger charge is 2.45. The fraction of sp³-hybridized carbons (Fsp3) is 0.333. The van der Waals surface area contributed by atoms with Crippen LogP contribution >= 0.6 is 0 Å². The molecule has 0 bridgehead atoms. The van der Waals surface area contributed by atoms with Crippen LogP contribution in [0.4, 0.5) is 22.0 Å². The Morgan fingerprint density at radius 1 is 1.30 bits per heavy atom. The summed E-state index contributed by atoms with van der Waals surface area (Å²) < 4.78 is 80.9. The molecule has 148 valence electrons. The van der Waals surface area contributed by atoms with E-state index in [1.54, 1.807) is 5.32 Å². The molecule has 1 heterocycles. The van der Waals surface area contributed by atoms with Crippen molar-refractivity contribution in [1.29, 1.82) is 0 Å². The van der Waals surface area contributed by atoms with Crippen LogP contribution in [0.3, 0.4) is 0 Å². The van der Waals surface area contributed by atoms with E-state index < -0.39 is 53.6 Å². The molecule has 6 nitrogen and oxygen atoms in total. The van der Waals surface area contributed by atoms with Crippen molar-refractivity contribution < 1.29 is 40.5 Å². The number of rotatable bonds is 5. The van der Waals surface area contributed by atoms with Crippen LogP contribution in [0.1, 0.15) is 12.0 Å². The average Bonchev–Trinajstić information content (AvgIpc) is 2.52. The zero-order valence-electron chi connectivity index (χ0n) is 13.6. The second kappa shape index (κ2) is 8.03. The standard InChI is InChI=1S/C15H13F5N2O4S/c1-27(25)22-13(24)11-9(6-10(15(18,19)20)21-12(11)23)7-2-4-8(5-3-7)26-14(16)17/h2-5,10,14H,6H2,1H3,(H,21,23)(H,22,24). The lowest BCUT2D eigenvalue weighted by Gasteiger charge is -2.29. The van der Waals surface area contributed by atoms with Gasteiger partial charge in [0.05, 0.1) is 0 Å². The molecule has 0 aromatic heterocycles. The van der Waals surface area contributed by atoms with Crippen LogP contribution < -0.4 is 14.8 Å². The van der Waals surface area contributed by atoms with E-state index in [-0.39, 0.29) is 16.9 Å². The van der Waals surface area contributed by atoms with Crippen LogP contribution in [-0.2, 0) is 20.6 Å². The molecule has 0 saturated carbocycles. The zero-order chi connectivity index (χ0) is 20.4. The number of carbonyl (C=O) groups is 2. The van der Waals surface area contributed by atoms with E-state index in [1.165, 1.54) is 0 Å². The van der Waals surface area contributed by atoms with E-state index in [4.69, 9.17) is 0 Å². The van der Waals surface area contributed by atoms with Crippen molar-refractivity contribution >= 4 is 28.4 Å². The van der Waals surface area contributed by atoms with E-state index in [0.717, 1.165) is 30.5 Å². The predicted octanol–water partition coefficient (Wildman–Crippen LogP) is 1.90. The first-order chi connectivity index (χ1) is 12.5. The molecule has 0 fully saturated rings. The summed E-state index contributed by atoms with van der Waals surface area (Å²) >= 11 is 0. The van der Waals surface area contributed by atoms with Crippen molar-refractivity contribution in [1.82, 2.24) is 10.0 Å². The lowest BCUT2D eigenvalue weighted by Crippen LogP contribution is -2.51. The first-order valence-corrected chi connectivity index (χ1v) is 8.85. The van der Waals surface area contributed by atoms with Gasteiger partial charge in [0.1, 0.15) is 28.4 Å². The molecule has 12 heteroatoms. The van der Waals surface area contributed by atoms with Crippen LogP contribution in [0.2, 0.25) is 0 Å². The van der Waals surface area contributed by atoms with Gasteiger partial charge in [-0.25, -0.2) is 4.21 Å². The number of hydrogen-bond acceptors (Lipinski definition) is 4. The Balaban J connectivity index is 2.49. The third kappa shape index (κ3) is 5.25. The number of nitrogens with one attached hydrogen (secondary N) is 2. The van der Waals surface area contributed by atoms with Crippen molar-refractivity contribution in [2.24, 2.45) is 0 Å². The summed E-state index contributed by atoms with van der Waals surface area (Å²) in [7, 11) is -1.86. The van der Waals surface area contributed by atoms with E-state index in [1.807, 2.05) is 4.72 Å². The normalized spacial score (nSPS) is 18.9. The molecule has 27 heavy (non-hydrogen) atoms. The fourth-order valence-corrected chi connectivity index (χ4v) is 2.81. The molecule has 2 amide bonds. The minimum absolute atomic E-state index is 0.0350. The second-order valence-electron chi connectivity index (χ2n) is 5.41. The van der Waals surface area contributed by atoms with Gasteiger partial charge in [0, 0.05) is 12.7 Å². The monoisotopic (exact) mass is 412 g/mol. The summed E-state index contributed by atoms with van der Waals surface area (Å²) in [6.07, 6.45) is -4.42. The maximum atomic E-state index is 13.1. The average molecular weight is 412 g/mol. The van der Waals surface area contributed by atoms with Gasteiger partial charge in [-0.2, -0.15) is 22.0 Å². The maximum Gasteiger partial charge on any atom is 0.408 e. The molecule has 0 aliphatic carbocycles. The highest BCUT2D eigenvalue weighted by Crippen LogP contribution is 2.35. The highest BCUT2D eigenvalue weighted by molar-refractivity contribution is 7.82. The zero-order valence-corrected chi connectivity index (χ0v) is 14.4. The molecular weight excluding hydrogens is 399 g/mol. The molecule has 1 aromatic carbocycles. The Labute approximate surface area is 152 Å². The molecule has 2 atom stereocenters. The summed E-state index contributed by atoms with van der Waals surface area (Å²) in [6, 6.07) is 2.19. The third-order valence-corrected chi connectivity index (χ3v) is 4.00. The van der Waals surface area contributed by atoms with Gasteiger partial charge in [-0.05, 0) is 23.3 Å². The number of hydrogen-bond donors (Lipinski definition) is 2. The minimum Gasteiger partial charge on any atom is -0.435 e.